The maximum Gasteiger partial charge on any atom is 0.184 e. The van der Waals surface area contributed by atoms with E-state index in [9.17, 15) is 0 Å². The Morgan fingerprint density at radius 2 is 1.87 bits per heavy atom. The molecule has 0 aromatic heterocycles. The molecule has 2 rings (SSSR count). The van der Waals surface area contributed by atoms with Crippen molar-refractivity contribution in [2.24, 2.45) is 15.6 Å². The quantitative estimate of drug-likeness (QED) is 0.679. The second kappa shape index (κ2) is 9.47. The normalized spacial score (nSPS) is 24.0. The monoisotopic (exact) mass is 306 g/mol. The first-order chi connectivity index (χ1) is 11.4. The van der Waals surface area contributed by atoms with Crippen molar-refractivity contribution in [1.29, 1.82) is 5.26 Å². The van der Waals surface area contributed by atoms with Crippen molar-refractivity contribution in [3.05, 3.63) is 77.9 Å². The first-order valence-corrected chi connectivity index (χ1v) is 6.85. The molecule has 0 fully saturated rings. The third-order valence-corrected chi connectivity index (χ3v) is 2.74. The Kier molecular flexibility index (Phi) is 6.56. The number of fused-ring (bicyclic) bond motifs is 1. The summed E-state index contributed by atoms with van der Waals surface area (Å²) in [4.78, 5) is 9.73. The Balaban J connectivity index is 2.19. The van der Waals surface area contributed by atoms with Crippen molar-refractivity contribution in [2.45, 2.75) is 6.42 Å². The summed E-state index contributed by atoms with van der Waals surface area (Å²) in [6.45, 7) is 0. The van der Waals surface area contributed by atoms with Gasteiger partial charge in [0, 0.05) is 5.56 Å². The minimum atomic E-state index is 0.333. The van der Waals surface area contributed by atoms with Crippen LogP contribution in [0.25, 0.3) is 0 Å². The molecule has 0 saturated carbocycles. The number of para-hydroxylation sites is 1. The number of benzene rings is 1. The molecule has 0 unspecified atom stereocenters. The van der Waals surface area contributed by atoms with E-state index in [1.165, 1.54) is 6.21 Å². The van der Waals surface area contributed by atoms with Crippen LogP contribution in [0.5, 0.6) is 5.75 Å². The summed E-state index contributed by atoms with van der Waals surface area (Å²) in [5, 5.41) is 19.2. The molecule has 1 aromatic rings. The summed E-state index contributed by atoms with van der Waals surface area (Å²) < 4.78 is 0. The summed E-state index contributed by atoms with van der Waals surface area (Å²) in [6, 6.07) is 9.42. The van der Waals surface area contributed by atoms with E-state index in [4.69, 9.17) is 10.1 Å². The van der Waals surface area contributed by atoms with Gasteiger partial charge in [-0.05, 0) is 23.8 Å². The van der Waals surface area contributed by atoms with Gasteiger partial charge in [-0.2, -0.15) is 5.26 Å². The average Bonchev–Trinajstić information content (AvgIpc) is 2.59. The van der Waals surface area contributed by atoms with Crippen LogP contribution in [-0.4, -0.2) is 6.21 Å². The van der Waals surface area contributed by atoms with Gasteiger partial charge in [-0.25, -0.2) is 0 Å². The van der Waals surface area contributed by atoms with E-state index in [0.29, 0.717) is 17.7 Å². The van der Waals surface area contributed by atoms with Crippen LogP contribution in [0.15, 0.2) is 88.0 Å². The second-order valence-corrected chi connectivity index (χ2v) is 4.32. The lowest BCUT2D eigenvalue weighted by Gasteiger charge is -2.04. The van der Waals surface area contributed by atoms with E-state index in [-0.39, 0.29) is 0 Å². The van der Waals surface area contributed by atoms with Crippen LogP contribution in [0.2, 0.25) is 0 Å². The fraction of sp³-hybridized carbons (Fsp3) is 0.0588. The predicted molar refractivity (Wildman–Crippen MR) is 86.3 cm³/mol. The highest BCUT2D eigenvalue weighted by atomic mass is 17.3. The van der Waals surface area contributed by atoms with Crippen LogP contribution in [0, 0.1) is 11.3 Å². The molecule has 0 N–H and O–H groups in total. The molecule has 0 atom stereocenters. The summed E-state index contributed by atoms with van der Waals surface area (Å²) in [7, 11) is 0. The number of allylic oxidation sites excluding steroid dienone is 8. The number of nitrogens with zero attached hydrogens (tertiary/aromatic N) is 4. The summed E-state index contributed by atoms with van der Waals surface area (Å²) in [5.41, 5.74) is 1.28. The largest absolute Gasteiger partial charge is 0.266 e. The highest BCUT2D eigenvalue weighted by Gasteiger charge is 2.02. The first kappa shape index (κ1) is 15.9. The van der Waals surface area contributed by atoms with Gasteiger partial charge >= 0.3 is 0 Å². The van der Waals surface area contributed by atoms with Crippen molar-refractivity contribution in [3.63, 3.8) is 0 Å². The maximum absolute atomic E-state index is 8.92. The van der Waals surface area contributed by atoms with Gasteiger partial charge in [0.25, 0.3) is 0 Å². The van der Waals surface area contributed by atoms with Gasteiger partial charge in [-0.15, -0.1) is 10.1 Å². The Hall–Kier alpha value is -3.46. The molecule has 1 aromatic carbocycles. The van der Waals surface area contributed by atoms with Crippen LogP contribution < -0.4 is 4.89 Å². The first-order valence-electron chi connectivity index (χ1n) is 6.85. The fourth-order valence-corrected chi connectivity index (χ4v) is 1.67. The third kappa shape index (κ3) is 5.81. The van der Waals surface area contributed by atoms with Gasteiger partial charge < -0.3 is 0 Å². The minimum Gasteiger partial charge on any atom is -0.266 e. The van der Waals surface area contributed by atoms with E-state index >= 15 is 0 Å². The van der Waals surface area contributed by atoms with Crippen LogP contribution in [0.3, 0.4) is 0 Å². The Bertz CT molecular complexity index is 737. The van der Waals surface area contributed by atoms with Crippen LogP contribution in [0.1, 0.15) is 5.56 Å². The van der Waals surface area contributed by atoms with E-state index in [0.717, 1.165) is 5.56 Å². The lowest BCUT2D eigenvalue weighted by molar-refractivity contribution is -0.216. The Labute approximate surface area is 133 Å². The summed E-state index contributed by atoms with van der Waals surface area (Å²) >= 11 is 0. The van der Waals surface area contributed by atoms with Crippen molar-refractivity contribution in [2.75, 3.05) is 0 Å². The smallest absolute Gasteiger partial charge is 0.184 e. The lowest BCUT2D eigenvalue weighted by Crippen LogP contribution is -1.94. The van der Waals surface area contributed by atoms with Crippen molar-refractivity contribution in [3.8, 4) is 11.8 Å². The van der Waals surface area contributed by atoms with Gasteiger partial charge in [0.15, 0.2) is 5.75 Å². The third-order valence-electron chi connectivity index (χ3n) is 2.74. The van der Waals surface area contributed by atoms with E-state index < -0.39 is 0 Å². The number of hydrogen-bond acceptors (Lipinski definition) is 6. The van der Waals surface area contributed by atoms with E-state index in [2.05, 4.69) is 20.6 Å². The van der Waals surface area contributed by atoms with Crippen LogP contribution >= 0.6 is 0 Å². The molecule has 1 heterocycles. The molecule has 6 nitrogen and oxygen atoms in total. The molecule has 0 bridgehead atoms. The van der Waals surface area contributed by atoms with E-state index in [1.54, 1.807) is 18.2 Å². The highest BCUT2D eigenvalue weighted by Crippen LogP contribution is 2.19. The molecular weight excluding hydrogens is 292 g/mol. The number of nitriles is 1. The van der Waals surface area contributed by atoms with Crippen LogP contribution in [-0.2, 0) is 11.4 Å². The van der Waals surface area contributed by atoms with Gasteiger partial charge in [0.1, 0.15) is 6.07 Å². The molecule has 23 heavy (non-hydrogen) atoms. The SMILES string of the molecule is N#CC1=C\C=C/C=C/C=C/Cc2ccccc2OO/N=N\N=C\1. The Morgan fingerprint density at radius 3 is 2.78 bits per heavy atom. The lowest BCUT2D eigenvalue weighted by atomic mass is 10.1. The van der Waals surface area contributed by atoms with Crippen molar-refractivity contribution < 1.29 is 9.88 Å². The van der Waals surface area contributed by atoms with Gasteiger partial charge in [-0.3, -0.25) is 4.89 Å². The summed E-state index contributed by atoms with van der Waals surface area (Å²) in [5.74, 6) is 0.547. The zero-order valence-corrected chi connectivity index (χ0v) is 12.2. The topological polar surface area (TPSA) is 79.3 Å². The fourth-order valence-electron chi connectivity index (χ4n) is 1.67. The molecule has 1 aliphatic rings. The predicted octanol–water partition coefficient (Wildman–Crippen LogP) is 4.02. The molecule has 6 heteroatoms. The molecule has 0 aliphatic carbocycles. The number of rotatable bonds is 0. The zero-order valence-electron chi connectivity index (χ0n) is 12.2. The van der Waals surface area contributed by atoms with Crippen LogP contribution in [0.4, 0.5) is 0 Å². The van der Waals surface area contributed by atoms with Crippen molar-refractivity contribution in [1.82, 2.24) is 0 Å². The van der Waals surface area contributed by atoms with Gasteiger partial charge in [0.2, 0.25) is 0 Å². The molecular formula is C17H14N4O2. The molecule has 0 spiro atoms. The Morgan fingerprint density at radius 1 is 1.04 bits per heavy atom. The van der Waals surface area contributed by atoms with Gasteiger partial charge in [-0.1, -0.05) is 54.7 Å². The van der Waals surface area contributed by atoms with E-state index in [1.807, 2.05) is 54.6 Å². The second-order valence-electron chi connectivity index (χ2n) is 4.32. The van der Waals surface area contributed by atoms with Crippen molar-refractivity contribution >= 4 is 6.21 Å². The zero-order chi connectivity index (χ0) is 16.2. The number of hydrogen-bond donors (Lipinski definition) is 0. The molecule has 0 saturated heterocycles. The molecule has 0 radical (unpaired) electrons. The average molecular weight is 306 g/mol. The summed E-state index contributed by atoms with van der Waals surface area (Å²) in [6.07, 6.45) is 14.8. The maximum atomic E-state index is 8.92. The highest BCUT2D eigenvalue weighted by molar-refractivity contribution is 5.83. The van der Waals surface area contributed by atoms with Gasteiger partial charge in [0.05, 0.1) is 17.1 Å². The molecule has 114 valence electrons. The molecule has 0 amide bonds. The molecule has 1 aliphatic heterocycles. The standard InChI is InChI=1S/C17H14N4O2/c18-13-15-9-5-3-1-2-4-6-10-16-11-7-8-12-17(16)22-23-21-20-19-14-15/h1-9,11-12,14H,10H2/b2-1+,5-3-,6-4+,15-9+,19-14+,21-20-. The minimum absolute atomic E-state index is 0.333.